The largest absolute Gasteiger partial charge is 0.354 e. The smallest absolute Gasteiger partial charge is 0.328 e. The van der Waals surface area contributed by atoms with Gasteiger partial charge in [0.05, 0.1) is 5.69 Å². The zero-order chi connectivity index (χ0) is 23.4. The van der Waals surface area contributed by atoms with E-state index in [1.807, 2.05) is 0 Å². The predicted molar refractivity (Wildman–Crippen MR) is 120 cm³/mol. The van der Waals surface area contributed by atoms with E-state index in [1.165, 1.54) is 12.3 Å². The second-order valence-corrected chi connectivity index (χ2v) is 8.51. The molecule has 0 unspecified atom stereocenters. The van der Waals surface area contributed by atoms with E-state index in [1.54, 1.807) is 4.90 Å². The molecule has 1 aromatic carbocycles. The molecule has 2 fully saturated rings. The number of carbonyl (C=O) groups excluding carboxylic acids is 1. The molecular formula is C22H29F2N7O2. The number of nitrogens with one attached hydrogen (secondary N) is 3. The van der Waals surface area contributed by atoms with Gasteiger partial charge >= 0.3 is 11.7 Å². The van der Waals surface area contributed by atoms with Gasteiger partial charge < -0.3 is 21.3 Å². The summed E-state index contributed by atoms with van der Waals surface area (Å²) < 4.78 is 30.4. The summed E-state index contributed by atoms with van der Waals surface area (Å²) in [6.45, 7) is 2.55. The van der Waals surface area contributed by atoms with Crippen LogP contribution in [0.15, 0.2) is 29.2 Å². The molecule has 0 bridgehead atoms. The minimum atomic E-state index is -0.753. The molecule has 0 atom stereocenters. The molecule has 2 amide bonds. The third-order valence-corrected chi connectivity index (χ3v) is 6.19. The van der Waals surface area contributed by atoms with Gasteiger partial charge in [-0.15, -0.1) is 0 Å². The second kappa shape index (κ2) is 10.4. The number of nitrogens with two attached hydrogens (primary N) is 1. The Morgan fingerprint density at radius 2 is 1.82 bits per heavy atom. The van der Waals surface area contributed by atoms with E-state index in [9.17, 15) is 18.4 Å². The SMILES string of the molecule is NC1CCC(NCc2c(F)cc(-n3ccc(NC(=O)N4CCNCC4)nc3=O)cc2F)CC1. The molecule has 4 rings (SSSR count). The van der Waals surface area contributed by atoms with Gasteiger partial charge in [0.15, 0.2) is 0 Å². The molecule has 0 radical (unpaired) electrons. The molecule has 1 aromatic heterocycles. The highest BCUT2D eigenvalue weighted by molar-refractivity contribution is 5.88. The van der Waals surface area contributed by atoms with Crippen LogP contribution in [-0.4, -0.2) is 58.7 Å². The third-order valence-electron chi connectivity index (χ3n) is 6.19. The topological polar surface area (TPSA) is 117 Å². The van der Waals surface area contributed by atoms with E-state index in [-0.39, 0.29) is 41.7 Å². The Hall–Kier alpha value is -2.89. The molecule has 11 heteroatoms. The Balaban J connectivity index is 1.44. The lowest BCUT2D eigenvalue weighted by Gasteiger charge is -2.27. The van der Waals surface area contributed by atoms with Gasteiger partial charge in [-0.2, -0.15) is 4.98 Å². The fourth-order valence-electron chi connectivity index (χ4n) is 4.19. The maximum absolute atomic E-state index is 14.7. The lowest BCUT2D eigenvalue weighted by atomic mass is 9.92. The van der Waals surface area contributed by atoms with Crippen molar-refractivity contribution in [2.75, 3.05) is 31.5 Å². The minimum Gasteiger partial charge on any atom is -0.328 e. The molecule has 1 aliphatic heterocycles. The lowest BCUT2D eigenvalue weighted by molar-refractivity contribution is 0.204. The van der Waals surface area contributed by atoms with Crippen LogP contribution in [0.2, 0.25) is 0 Å². The molecule has 2 aromatic rings. The summed E-state index contributed by atoms with van der Waals surface area (Å²) in [5.74, 6) is -1.41. The lowest BCUT2D eigenvalue weighted by Crippen LogP contribution is -2.48. The van der Waals surface area contributed by atoms with Crippen LogP contribution in [0, 0.1) is 11.6 Å². The molecule has 33 heavy (non-hydrogen) atoms. The molecular weight excluding hydrogens is 432 g/mol. The number of hydrogen-bond donors (Lipinski definition) is 4. The Kier molecular flexibility index (Phi) is 7.31. The number of urea groups is 1. The maximum Gasteiger partial charge on any atom is 0.354 e. The first-order valence-electron chi connectivity index (χ1n) is 11.2. The zero-order valence-electron chi connectivity index (χ0n) is 18.3. The number of amides is 2. The van der Waals surface area contributed by atoms with Crippen LogP contribution >= 0.6 is 0 Å². The van der Waals surface area contributed by atoms with Crippen molar-refractivity contribution < 1.29 is 13.6 Å². The molecule has 9 nitrogen and oxygen atoms in total. The van der Waals surface area contributed by atoms with Crippen molar-refractivity contribution in [1.29, 1.82) is 0 Å². The van der Waals surface area contributed by atoms with Gasteiger partial charge in [0.25, 0.3) is 0 Å². The molecule has 0 spiro atoms. The normalized spacial score (nSPS) is 21.1. The quantitative estimate of drug-likeness (QED) is 0.533. The Morgan fingerprint density at radius 1 is 1.15 bits per heavy atom. The number of piperazine rings is 1. The summed E-state index contributed by atoms with van der Waals surface area (Å²) in [6, 6.07) is 3.66. The summed E-state index contributed by atoms with van der Waals surface area (Å²) in [4.78, 5) is 30.2. The van der Waals surface area contributed by atoms with E-state index in [4.69, 9.17) is 5.73 Å². The highest BCUT2D eigenvalue weighted by Crippen LogP contribution is 2.21. The first-order chi connectivity index (χ1) is 15.9. The van der Waals surface area contributed by atoms with Crippen molar-refractivity contribution >= 4 is 11.8 Å². The number of hydrogen-bond acceptors (Lipinski definition) is 6. The third kappa shape index (κ3) is 5.73. The first kappa shape index (κ1) is 23.3. The Bertz CT molecular complexity index is 1020. The summed E-state index contributed by atoms with van der Waals surface area (Å²) >= 11 is 0. The predicted octanol–water partition coefficient (Wildman–Crippen LogP) is 1.31. The number of halogens is 2. The van der Waals surface area contributed by atoms with Gasteiger partial charge in [-0.25, -0.2) is 18.4 Å². The number of nitrogens with zero attached hydrogens (tertiary/aromatic N) is 3. The molecule has 178 valence electrons. The van der Waals surface area contributed by atoms with E-state index in [2.05, 4.69) is 20.9 Å². The van der Waals surface area contributed by atoms with Crippen LogP contribution in [0.4, 0.5) is 19.4 Å². The summed E-state index contributed by atoms with van der Waals surface area (Å²) in [5.41, 5.74) is 5.09. The van der Waals surface area contributed by atoms with Crippen LogP contribution in [0.5, 0.6) is 0 Å². The Labute approximate surface area is 190 Å². The van der Waals surface area contributed by atoms with Crippen LogP contribution in [-0.2, 0) is 6.54 Å². The summed E-state index contributed by atoms with van der Waals surface area (Å²) in [6.07, 6.45) is 4.87. The van der Waals surface area contributed by atoms with E-state index in [0.29, 0.717) is 26.2 Å². The fraction of sp³-hybridized carbons (Fsp3) is 0.500. The van der Waals surface area contributed by atoms with E-state index >= 15 is 0 Å². The monoisotopic (exact) mass is 461 g/mol. The molecule has 1 saturated carbocycles. The van der Waals surface area contributed by atoms with Gasteiger partial charge in [0.1, 0.15) is 17.5 Å². The second-order valence-electron chi connectivity index (χ2n) is 8.51. The number of carbonyl (C=O) groups is 1. The molecule has 1 aliphatic carbocycles. The Morgan fingerprint density at radius 3 is 2.45 bits per heavy atom. The van der Waals surface area contributed by atoms with Crippen molar-refractivity contribution in [3.63, 3.8) is 0 Å². The maximum atomic E-state index is 14.7. The molecule has 5 N–H and O–H groups in total. The van der Waals surface area contributed by atoms with Crippen molar-refractivity contribution in [1.82, 2.24) is 25.1 Å². The van der Waals surface area contributed by atoms with Gasteiger partial charge in [0.2, 0.25) is 0 Å². The summed E-state index contributed by atoms with van der Waals surface area (Å²) in [7, 11) is 0. The highest BCUT2D eigenvalue weighted by atomic mass is 19.1. The van der Waals surface area contributed by atoms with Crippen molar-refractivity contribution in [2.24, 2.45) is 5.73 Å². The van der Waals surface area contributed by atoms with Gasteiger partial charge in [-0.1, -0.05) is 0 Å². The van der Waals surface area contributed by atoms with Crippen molar-refractivity contribution in [3.05, 3.63) is 52.1 Å². The van der Waals surface area contributed by atoms with Crippen molar-refractivity contribution in [2.45, 2.75) is 44.3 Å². The summed E-state index contributed by atoms with van der Waals surface area (Å²) in [5, 5.41) is 8.93. The highest BCUT2D eigenvalue weighted by Gasteiger charge is 2.20. The average Bonchev–Trinajstić information content (AvgIpc) is 2.80. The van der Waals surface area contributed by atoms with Crippen LogP contribution in [0.1, 0.15) is 31.2 Å². The van der Waals surface area contributed by atoms with Crippen LogP contribution in [0.25, 0.3) is 5.69 Å². The van der Waals surface area contributed by atoms with Gasteiger partial charge in [-0.05, 0) is 43.9 Å². The number of aromatic nitrogens is 2. The van der Waals surface area contributed by atoms with Crippen LogP contribution in [0.3, 0.4) is 0 Å². The van der Waals surface area contributed by atoms with Crippen LogP contribution < -0.4 is 27.4 Å². The number of anilines is 1. The van der Waals surface area contributed by atoms with Gasteiger partial charge in [0, 0.05) is 56.6 Å². The van der Waals surface area contributed by atoms with E-state index in [0.717, 1.165) is 42.4 Å². The standard InChI is InChI=1S/C22H29F2N7O2/c23-18-11-16(12-19(24)17(18)13-27-15-3-1-14(25)2-4-15)31-8-5-20(29-22(31)33)28-21(32)30-9-6-26-7-10-30/h5,8,11-12,14-15,26-27H,1-4,6-7,9-10,13,25H2,(H,28,29,32,33). The van der Waals surface area contributed by atoms with Gasteiger partial charge in [-0.3, -0.25) is 9.88 Å². The number of rotatable bonds is 5. The first-order valence-corrected chi connectivity index (χ1v) is 11.2. The molecule has 2 heterocycles. The van der Waals surface area contributed by atoms with E-state index < -0.39 is 17.3 Å². The fourth-order valence-corrected chi connectivity index (χ4v) is 4.19. The van der Waals surface area contributed by atoms with Crippen molar-refractivity contribution in [3.8, 4) is 5.69 Å². The minimum absolute atomic E-state index is 0.0230. The average molecular weight is 462 g/mol. The molecule has 2 aliphatic rings. The molecule has 1 saturated heterocycles. The zero-order valence-corrected chi connectivity index (χ0v) is 18.3. The number of benzene rings is 1.